The second kappa shape index (κ2) is 8.27. The van der Waals surface area contributed by atoms with E-state index in [1.165, 1.54) is 0 Å². The number of pyridine rings is 1. The van der Waals surface area contributed by atoms with Crippen molar-refractivity contribution in [2.45, 2.75) is 26.7 Å². The van der Waals surface area contributed by atoms with Crippen molar-refractivity contribution in [3.8, 4) is 11.1 Å². The highest BCUT2D eigenvalue weighted by Crippen LogP contribution is 2.34. The van der Waals surface area contributed by atoms with E-state index in [0.717, 1.165) is 45.4 Å². The Kier molecular flexibility index (Phi) is 5.39. The van der Waals surface area contributed by atoms with Crippen LogP contribution in [0, 0.1) is 6.92 Å². The number of hydrogen-bond acceptors (Lipinski definition) is 3. The lowest BCUT2D eigenvalue weighted by atomic mass is 9.99. The minimum Gasteiger partial charge on any atom is -0.354 e. The van der Waals surface area contributed by atoms with Gasteiger partial charge in [-0.2, -0.15) is 0 Å². The largest absolute Gasteiger partial charge is 0.354 e. The van der Waals surface area contributed by atoms with Gasteiger partial charge in [0.05, 0.1) is 16.8 Å². The SMILES string of the molecule is CCCC(=O)c1cnc2ccc(-c3ccccc3)cc2c1Nc1ccccc1C. The molecule has 0 aliphatic heterocycles. The lowest BCUT2D eigenvalue weighted by Crippen LogP contribution is -2.06. The number of para-hydroxylation sites is 1. The molecule has 0 saturated heterocycles. The van der Waals surface area contributed by atoms with Gasteiger partial charge in [0.1, 0.15) is 0 Å². The molecule has 1 heterocycles. The van der Waals surface area contributed by atoms with Crippen molar-refractivity contribution < 1.29 is 4.79 Å². The lowest BCUT2D eigenvalue weighted by Gasteiger charge is -2.16. The summed E-state index contributed by atoms with van der Waals surface area (Å²) in [4.78, 5) is 17.4. The molecule has 0 aliphatic rings. The lowest BCUT2D eigenvalue weighted by molar-refractivity contribution is 0.0982. The molecule has 0 saturated carbocycles. The average molecular weight is 380 g/mol. The van der Waals surface area contributed by atoms with E-state index in [1.54, 1.807) is 6.20 Å². The van der Waals surface area contributed by atoms with Crippen molar-refractivity contribution in [2.75, 3.05) is 5.32 Å². The molecule has 1 aromatic heterocycles. The van der Waals surface area contributed by atoms with Crippen molar-refractivity contribution in [3.63, 3.8) is 0 Å². The maximum absolute atomic E-state index is 12.9. The van der Waals surface area contributed by atoms with Crippen molar-refractivity contribution >= 4 is 28.1 Å². The third-order valence-electron chi connectivity index (χ3n) is 5.16. The first-order valence-corrected chi connectivity index (χ1v) is 10.0. The summed E-state index contributed by atoms with van der Waals surface area (Å²) < 4.78 is 0. The molecule has 29 heavy (non-hydrogen) atoms. The number of nitrogens with zero attached hydrogens (tertiary/aromatic N) is 1. The molecule has 1 N–H and O–H groups in total. The van der Waals surface area contributed by atoms with Crippen LogP contribution in [0.15, 0.2) is 79.0 Å². The first kappa shape index (κ1) is 18.9. The number of aryl methyl sites for hydroxylation is 1. The van der Waals surface area contributed by atoms with Gasteiger partial charge in [-0.3, -0.25) is 9.78 Å². The zero-order chi connectivity index (χ0) is 20.2. The van der Waals surface area contributed by atoms with E-state index in [2.05, 4.69) is 47.6 Å². The van der Waals surface area contributed by atoms with E-state index >= 15 is 0 Å². The molecule has 3 heteroatoms. The monoisotopic (exact) mass is 380 g/mol. The van der Waals surface area contributed by atoms with Gasteiger partial charge in [-0.15, -0.1) is 0 Å². The fourth-order valence-electron chi connectivity index (χ4n) is 3.56. The summed E-state index contributed by atoms with van der Waals surface area (Å²) in [5.74, 6) is 0.114. The van der Waals surface area contributed by atoms with Crippen LogP contribution in [0.5, 0.6) is 0 Å². The predicted molar refractivity (Wildman–Crippen MR) is 121 cm³/mol. The van der Waals surface area contributed by atoms with Gasteiger partial charge in [-0.25, -0.2) is 0 Å². The van der Waals surface area contributed by atoms with Gasteiger partial charge in [0.25, 0.3) is 0 Å². The summed E-state index contributed by atoms with van der Waals surface area (Å²) in [5.41, 5.74) is 6.72. The van der Waals surface area contributed by atoms with Gasteiger partial charge in [0, 0.05) is 23.7 Å². The summed E-state index contributed by atoms with van der Waals surface area (Å²) in [6, 6.07) is 24.6. The summed E-state index contributed by atoms with van der Waals surface area (Å²) >= 11 is 0. The number of nitrogens with one attached hydrogen (secondary N) is 1. The number of fused-ring (bicyclic) bond motifs is 1. The maximum Gasteiger partial charge on any atom is 0.166 e. The highest BCUT2D eigenvalue weighted by atomic mass is 16.1. The van der Waals surface area contributed by atoms with Crippen LogP contribution in [0.2, 0.25) is 0 Å². The molecule has 0 radical (unpaired) electrons. The number of rotatable bonds is 6. The van der Waals surface area contributed by atoms with Gasteiger partial charge in [-0.1, -0.05) is 61.5 Å². The Morgan fingerprint density at radius 1 is 0.931 bits per heavy atom. The molecule has 0 bridgehead atoms. The maximum atomic E-state index is 12.9. The average Bonchev–Trinajstić information content (AvgIpc) is 2.76. The van der Waals surface area contributed by atoms with Crippen LogP contribution in [0.3, 0.4) is 0 Å². The smallest absolute Gasteiger partial charge is 0.166 e. The Balaban J connectivity index is 1.92. The molecule has 144 valence electrons. The van der Waals surface area contributed by atoms with Gasteiger partial charge in [0.15, 0.2) is 5.78 Å². The van der Waals surface area contributed by atoms with Gasteiger partial charge in [-0.05, 0) is 48.2 Å². The molecule has 0 unspecified atom stereocenters. The minimum absolute atomic E-state index is 0.114. The molecule has 4 rings (SSSR count). The Bertz CT molecular complexity index is 1170. The molecule has 0 atom stereocenters. The van der Waals surface area contributed by atoms with Crippen molar-refractivity contribution in [3.05, 3.63) is 90.1 Å². The number of carbonyl (C=O) groups is 1. The van der Waals surface area contributed by atoms with Crippen LogP contribution in [0.25, 0.3) is 22.0 Å². The second-order valence-corrected chi connectivity index (χ2v) is 7.26. The van der Waals surface area contributed by atoms with Crippen LogP contribution < -0.4 is 5.32 Å². The number of benzene rings is 3. The van der Waals surface area contributed by atoms with E-state index < -0.39 is 0 Å². The van der Waals surface area contributed by atoms with Gasteiger partial charge in [0.2, 0.25) is 0 Å². The molecule has 3 nitrogen and oxygen atoms in total. The second-order valence-electron chi connectivity index (χ2n) is 7.26. The van der Waals surface area contributed by atoms with E-state index in [9.17, 15) is 4.79 Å². The number of anilines is 2. The van der Waals surface area contributed by atoms with E-state index in [-0.39, 0.29) is 5.78 Å². The Morgan fingerprint density at radius 3 is 2.45 bits per heavy atom. The number of hydrogen-bond donors (Lipinski definition) is 1. The third kappa shape index (κ3) is 3.90. The Morgan fingerprint density at radius 2 is 1.69 bits per heavy atom. The van der Waals surface area contributed by atoms with Crippen LogP contribution in [-0.4, -0.2) is 10.8 Å². The van der Waals surface area contributed by atoms with Crippen molar-refractivity contribution in [1.82, 2.24) is 4.98 Å². The first-order valence-electron chi connectivity index (χ1n) is 10.0. The van der Waals surface area contributed by atoms with E-state index in [0.29, 0.717) is 12.0 Å². The first-order chi connectivity index (χ1) is 14.2. The predicted octanol–water partition coefficient (Wildman–Crippen LogP) is 6.94. The molecule has 0 amide bonds. The standard InChI is InChI=1S/C26H24N2O/c1-3-9-25(29)22-17-27-24-15-14-20(19-11-5-4-6-12-19)16-21(24)26(22)28-23-13-8-7-10-18(23)2/h4-8,10-17H,3,9H2,1-2H3,(H,27,28). The summed E-state index contributed by atoms with van der Waals surface area (Å²) in [5, 5.41) is 4.50. The minimum atomic E-state index is 0.114. The third-order valence-corrected chi connectivity index (χ3v) is 5.16. The normalized spacial score (nSPS) is 10.8. The number of Topliss-reactive ketones (excluding diaryl/α,β-unsaturated/α-hetero) is 1. The molecular formula is C26H24N2O. The highest BCUT2D eigenvalue weighted by molar-refractivity contribution is 6.09. The van der Waals surface area contributed by atoms with Gasteiger partial charge >= 0.3 is 0 Å². The fourth-order valence-corrected chi connectivity index (χ4v) is 3.56. The number of aromatic nitrogens is 1. The molecule has 0 aliphatic carbocycles. The quantitative estimate of drug-likeness (QED) is 0.369. The molecular weight excluding hydrogens is 356 g/mol. The van der Waals surface area contributed by atoms with Crippen LogP contribution in [0.4, 0.5) is 11.4 Å². The highest BCUT2D eigenvalue weighted by Gasteiger charge is 2.16. The molecule has 0 spiro atoms. The number of ketones is 1. The fraction of sp³-hybridized carbons (Fsp3) is 0.154. The number of carbonyl (C=O) groups excluding carboxylic acids is 1. The Labute approximate surface area is 171 Å². The molecule has 0 fully saturated rings. The van der Waals surface area contributed by atoms with E-state index in [1.807, 2.05) is 49.4 Å². The summed E-state index contributed by atoms with van der Waals surface area (Å²) in [7, 11) is 0. The van der Waals surface area contributed by atoms with Crippen molar-refractivity contribution in [1.29, 1.82) is 0 Å². The topological polar surface area (TPSA) is 42.0 Å². The van der Waals surface area contributed by atoms with Gasteiger partial charge < -0.3 is 5.32 Å². The Hall–Kier alpha value is -3.46. The zero-order valence-electron chi connectivity index (χ0n) is 16.8. The van der Waals surface area contributed by atoms with Crippen LogP contribution in [-0.2, 0) is 0 Å². The van der Waals surface area contributed by atoms with Crippen LogP contribution >= 0.6 is 0 Å². The molecule has 3 aromatic carbocycles. The van der Waals surface area contributed by atoms with Crippen LogP contribution in [0.1, 0.15) is 35.7 Å². The van der Waals surface area contributed by atoms with E-state index in [4.69, 9.17) is 0 Å². The summed E-state index contributed by atoms with van der Waals surface area (Å²) in [6.45, 7) is 4.09. The van der Waals surface area contributed by atoms with Crippen molar-refractivity contribution in [2.24, 2.45) is 0 Å². The zero-order valence-corrected chi connectivity index (χ0v) is 16.8. The summed E-state index contributed by atoms with van der Waals surface area (Å²) in [6.07, 6.45) is 3.03. The molecule has 4 aromatic rings.